The number of pyridine rings is 1. The average Bonchev–Trinajstić information content (AvgIpc) is 2.55. The minimum absolute atomic E-state index is 0.0944. The molecule has 0 fully saturated rings. The fraction of sp³-hybridized carbons (Fsp3) is 0.250. The summed E-state index contributed by atoms with van der Waals surface area (Å²) in [5.74, 6) is 0.238. The Bertz CT molecular complexity index is 751. The van der Waals surface area contributed by atoms with Crippen molar-refractivity contribution in [3.05, 3.63) is 42.0 Å². The van der Waals surface area contributed by atoms with Crippen LogP contribution in [-0.2, 0) is 11.3 Å². The van der Waals surface area contributed by atoms with Gasteiger partial charge < -0.3 is 20.5 Å². The van der Waals surface area contributed by atoms with Crippen LogP contribution in [0.25, 0.3) is 0 Å². The van der Waals surface area contributed by atoms with Crippen molar-refractivity contribution in [3.8, 4) is 5.75 Å². The third kappa shape index (κ3) is 6.04. The molecule has 0 atom stereocenters. The number of benzene rings is 1. The standard InChI is InChI=1S/C16H17F3N4O3/c1-2-25-15(24)22-12-7-8-13(23-14(12)20)21-9-10-3-5-11(6-4-10)26-16(17,18)19/h3-8H,2,9H2,1H3,(H,22,24)(H3,20,21,23). The lowest BCUT2D eigenvalue weighted by molar-refractivity contribution is -0.274. The van der Waals surface area contributed by atoms with Gasteiger partial charge in [0.25, 0.3) is 0 Å². The van der Waals surface area contributed by atoms with Crippen molar-refractivity contribution in [2.24, 2.45) is 0 Å². The van der Waals surface area contributed by atoms with Crippen molar-refractivity contribution in [1.29, 1.82) is 0 Å². The van der Waals surface area contributed by atoms with Gasteiger partial charge in [0, 0.05) is 6.54 Å². The number of anilines is 3. The van der Waals surface area contributed by atoms with Gasteiger partial charge in [0.2, 0.25) is 0 Å². The second-order valence-electron chi connectivity index (χ2n) is 5.02. The molecular formula is C16H17F3N4O3. The first-order chi connectivity index (χ1) is 12.3. The maximum absolute atomic E-state index is 12.1. The Hall–Kier alpha value is -3.17. The third-order valence-electron chi connectivity index (χ3n) is 3.07. The number of ether oxygens (including phenoxy) is 2. The number of hydrogen-bond donors (Lipinski definition) is 3. The summed E-state index contributed by atoms with van der Waals surface area (Å²) >= 11 is 0. The molecule has 0 aliphatic carbocycles. The van der Waals surface area contributed by atoms with Crippen molar-refractivity contribution in [2.45, 2.75) is 19.8 Å². The average molecular weight is 370 g/mol. The van der Waals surface area contributed by atoms with E-state index >= 15 is 0 Å². The van der Waals surface area contributed by atoms with E-state index in [-0.39, 0.29) is 18.2 Å². The summed E-state index contributed by atoms with van der Waals surface area (Å²) in [5.41, 5.74) is 6.79. The predicted molar refractivity (Wildman–Crippen MR) is 89.7 cm³/mol. The molecule has 10 heteroatoms. The van der Waals surface area contributed by atoms with Crippen LogP contribution < -0.4 is 21.1 Å². The van der Waals surface area contributed by atoms with Crippen LogP contribution in [0.2, 0.25) is 0 Å². The number of nitrogen functional groups attached to an aromatic ring is 1. The predicted octanol–water partition coefficient (Wildman–Crippen LogP) is 3.74. The zero-order valence-corrected chi connectivity index (χ0v) is 13.8. The first-order valence-electron chi connectivity index (χ1n) is 7.55. The van der Waals surface area contributed by atoms with E-state index in [2.05, 4.69) is 20.4 Å². The molecule has 0 saturated carbocycles. The number of halogens is 3. The van der Waals surface area contributed by atoms with Crippen molar-refractivity contribution in [1.82, 2.24) is 4.98 Å². The smallest absolute Gasteiger partial charge is 0.450 e. The number of nitrogens with two attached hydrogens (primary N) is 1. The number of hydrogen-bond acceptors (Lipinski definition) is 6. The number of aromatic nitrogens is 1. The molecule has 1 aromatic carbocycles. The second kappa shape index (κ2) is 8.28. The van der Waals surface area contributed by atoms with Gasteiger partial charge in [0.05, 0.1) is 12.3 Å². The quantitative estimate of drug-likeness (QED) is 0.716. The van der Waals surface area contributed by atoms with Gasteiger partial charge in [-0.05, 0) is 36.8 Å². The highest BCUT2D eigenvalue weighted by atomic mass is 19.4. The van der Waals surface area contributed by atoms with Crippen LogP contribution >= 0.6 is 0 Å². The Balaban J connectivity index is 1.93. The van der Waals surface area contributed by atoms with Gasteiger partial charge in [-0.25, -0.2) is 9.78 Å². The molecule has 7 nitrogen and oxygen atoms in total. The molecule has 0 radical (unpaired) electrons. The van der Waals surface area contributed by atoms with Crippen LogP contribution in [0.4, 0.5) is 35.3 Å². The van der Waals surface area contributed by atoms with E-state index < -0.39 is 12.5 Å². The first kappa shape index (κ1) is 19.2. The molecule has 0 bridgehead atoms. The van der Waals surface area contributed by atoms with E-state index in [9.17, 15) is 18.0 Å². The Morgan fingerprint density at radius 3 is 2.46 bits per heavy atom. The molecule has 26 heavy (non-hydrogen) atoms. The van der Waals surface area contributed by atoms with E-state index in [1.54, 1.807) is 19.1 Å². The fourth-order valence-electron chi connectivity index (χ4n) is 1.96. The Morgan fingerprint density at radius 1 is 1.19 bits per heavy atom. The van der Waals surface area contributed by atoms with E-state index in [0.717, 1.165) is 0 Å². The number of amides is 1. The number of nitrogens with one attached hydrogen (secondary N) is 2. The van der Waals surface area contributed by atoms with E-state index in [4.69, 9.17) is 10.5 Å². The SMILES string of the molecule is CCOC(=O)Nc1ccc(NCc2ccc(OC(F)(F)F)cc2)nc1N. The molecule has 1 aromatic heterocycles. The minimum atomic E-state index is -4.72. The zero-order chi connectivity index (χ0) is 19.2. The van der Waals surface area contributed by atoms with Gasteiger partial charge in [-0.15, -0.1) is 13.2 Å². The van der Waals surface area contributed by atoms with E-state index in [1.807, 2.05) is 0 Å². The first-order valence-corrected chi connectivity index (χ1v) is 7.55. The minimum Gasteiger partial charge on any atom is -0.450 e. The molecule has 2 rings (SSSR count). The zero-order valence-electron chi connectivity index (χ0n) is 13.8. The Morgan fingerprint density at radius 2 is 1.88 bits per heavy atom. The molecule has 1 amide bonds. The topological polar surface area (TPSA) is 98.5 Å². The van der Waals surface area contributed by atoms with Gasteiger partial charge in [-0.2, -0.15) is 0 Å². The maximum Gasteiger partial charge on any atom is 0.573 e. The summed E-state index contributed by atoms with van der Waals surface area (Å²) in [6.45, 7) is 2.21. The van der Waals surface area contributed by atoms with Gasteiger partial charge in [-0.3, -0.25) is 5.32 Å². The molecule has 140 valence electrons. The Labute approximate surface area is 147 Å². The highest BCUT2D eigenvalue weighted by molar-refractivity contribution is 5.88. The largest absolute Gasteiger partial charge is 0.573 e. The molecule has 0 spiro atoms. The highest BCUT2D eigenvalue weighted by Crippen LogP contribution is 2.23. The normalized spacial score (nSPS) is 10.9. The lowest BCUT2D eigenvalue weighted by Gasteiger charge is -2.11. The van der Waals surface area contributed by atoms with Crippen LogP contribution in [0.5, 0.6) is 5.75 Å². The number of nitrogens with zero attached hydrogens (tertiary/aromatic N) is 1. The molecule has 4 N–H and O–H groups in total. The van der Waals surface area contributed by atoms with Crippen LogP contribution in [0, 0.1) is 0 Å². The second-order valence-corrected chi connectivity index (χ2v) is 5.02. The number of carbonyl (C=O) groups excluding carboxylic acids is 1. The molecule has 0 aliphatic heterocycles. The van der Waals surface area contributed by atoms with E-state index in [0.29, 0.717) is 23.6 Å². The van der Waals surface area contributed by atoms with Crippen LogP contribution in [0.15, 0.2) is 36.4 Å². The molecule has 0 saturated heterocycles. The monoisotopic (exact) mass is 370 g/mol. The molecule has 2 aromatic rings. The number of alkyl halides is 3. The van der Waals surface area contributed by atoms with Crippen molar-refractivity contribution >= 4 is 23.4 Å². The molecule has 0 unspecified atom stereocenters. The van der Waals surface area contributed by atoms with Gasteiger partial charge in [0.1, 0.15) is 17.4 Å². The van der Waals surface area contributed by atoms with Gasteiger partial charge >= 0.3 is 12.5 Å². The summed E-state index contributed by atoms with van der Waals surface area (Å²) in [5, 5.41) is 5.43. The number of rotatable bonds is 6. The summed E-state index contributed by atoms with van der Waals surface area (Å²) in [6, 6.07) is 8.58. The lowest BCUT2D eigenvalue weighted by atomic mass is 10.2. The van der Waals surface area contributed by atoms with E-state index in [1.165, 1.54) is 24.3 Å². The van der Waals surface area contributed by atoms with Crippen LogP contribution in [-0.4, -0.2) is 24.0 Å². The Kier molecular flexibility index (Phi) is 6.10. The summed E-state index contributed by atoms with van der Waals surface area (Å²) < 4.78 is 44.9. The molecule has 0 aliphatic rings. The molecular weight excluding hydrogens is 353 g/mol. The van der Waals surface area contributed by atoms with Crippen LogP contribution in [0.1, 0.15) is 12.5 Å². The van der Waals surface area contributed by atoms with Gasteiger partial charge in [-0.1, -0.05) is 12.1 Å². The van der Waals surface area contributed by atoms with Crippen molar-refractivity contribution in [2.75, 3.05) is 23.0 Å². The third-order valence-corrected chi connectivity index (χ3v) is 3.07. The van der Waals surface area contributed by atoms with Crippen molar-refractivity contribution < 1.29 is 27.4 Å². The maximum atomic E-state index is 12.1. The highest BCUT2D eigenvalue weighted by Gasteiger charge is 2.30. The summed E-state index contributed by atoms with van der Waals surface area (Å²) in [4.78, 5) is 15.5. The lowest BCUT2D eigenvalue weighted by Crippen LogP contribution is -2.17. The summed E-state index contributed by atoms with van der Waals surface area (Å²) in [6.07, 6.45) is -5.36. The van der Waals surface area contributed by atoms with Crippen molar-refractivity contribution in [3.63, 3.8) is 0 Å². The fourth-order valence-corrected chi connectivity index (χ4v) is 1.96. The number of carbonyl (C=O) groups is 1. The van der Waals surface area contributed by atoms with Gasteiger partial charge in [0.15, 0.2) is 0 Å². The molecule has 1 heterocycles. The van der Waals surface area contributed by atoms with Crippen LogP contribution in [0.3, 0.4) is 0 Å². The summed E-state index contributed by atoms with van der Waals surface area (Å²) in [7, 11) is 0.